The zero-order valence-corrected chi connectivity index (χ0v) is 14.7. The van der Waals surface area contributed by atoms with E-state index in [9.17, 15) is 9.59 Å². The van der Waals surface area contributed by atoms with E-state index in [1.54, 1.807) is 0 Å². The summed E-state index contributed by atoms with van der Waals surface area (Å²) in [6.07, 6.45) is 0.116. The van der Waals surface area contributed by atoms with E-state index in [4.69, 9.17) is 4.74 Å². The van der Waals surface area contributed by atoms with Crippen LogP contribution in [0, 0.1) is 0 Å². The number of nitrogens with one attached hydrogen (secondary N) is 1. The van der Waals surface area contributed by atoms with Gasteiger partial charge in [-0.3, -0.25) is 9.59 Å². The first kappa shape index (κ1) is 17.2. The van der Waals surface area contributed by atoms with Gasteiger partial charge in [-0.15, -0.1) is 11.3 Å². The minimum absolute atomic E-state index is 0.116. The van der Waals surface area contributed by atoms with Crippen LogP contribution in [0.4, 0.5) is 0 Å². The van der Waals surface area contributed by atoms with E-state index in [0.717, 1.165) is 21.2 Å². The van der Waals surface area contributed by atoms with Crippen molar-refractivity contribution in [1.29, 1.82) is 0 Å². The third-order valence-electron chi connectivity index (χ3n) is 3.90. The molecule has 1 unspecified atom stereocenters. The number of carbonyl (C=O) groups is 2. The third-order valence-corrected chi connectivity index (χ3v) is 4.89. The number of hydrogen-bond acceptors (Lipinski definition) is 4. The number of thiophene rings is 1. The van der Waals surface area contributed by atoms with Gasteiger partial charge in [0.25, 0.3) is 0 Å². The Morgan fingerprint density at radius 2 is 1.88 bits per heavy atom. The summed E-state index contributed by atoms with van der Waals surface area (Å²) in [6.45, 7) is 1.67. The molecule has 0 saturated heterocycles. The first-order chi connectivity index (χ1) is 12.1. The number of benzene rings is 2. The summed E-state index contributed by atoms with van der Waals surface area (Å²) in [5.74, 6) is -0.500. The second-order valence-corrected chi connectivity index (χ2v) is 6.75. The van der Waals surface area contributed by atoms with Crippen LogP contribution in [0.15, 0.2) is 60.0 Å². The van der Waals surface area contributed by atoms with Crippen LogP contribution in [-0.2, 0) is 20.9 Å². The fraction of sp³-hybridized carbons (Fsp3) is 0.200. The zero-order chi connectivity index (χ0) is 17.6. The minimum Gasteiger partial charge on any atom is -0.461 e. The van der Waals surface area contributed by atoms with Gasteiger partial charge in [-0.25, -0.2) is 0 Å². The van der Waals surface area contributed by atoms with Gasteiger partial charge in [-0.1, -0.05) is 48.5 Å². The molecule has 0 saturated carbocycles. The molecule has 5 heteroatoms. The lowest BCUT2D eigenvalue weighted by Crippen LogP contribution is -2.28. The third kappa shape index (κ3) is 4.45. The van der Waals surface area contributed by atoms with Crippen LogP contribution in [0.3, 0.4) is 0 Å². The minimum atomic E-state index is -0.350. The highest BCUT2D eigenvalue weighted by atomic mass is 32.1. The molecule has 0 bridgehead atoms. The van der Waals surface area contributed by atoms with E-state index in [1.165, 1.54) is 18.3 Å². The fourth-order valence-electron chi connectivity index (χ4n) is 2.76. The Hall–Kier alpha value is -2.66. The van der Waals surface area contributed by atoms with Crippen molar-refractivity contribution in [2.24, 2.45) is 0 Å². The second-order valence-electron chi connectivity index (χ2n) is 5.77. The largest absolute Gasteiger partial charge is 0.461 e. The van der Waals surface area contributed by atoms with Crippen molar-refractivity contribution >= 4 is 34.0 Å². The number of rotatable bonds is 6. The molecule has 0 radical (unpaired) electrons. The van der Waals surface area contributed by atoms with Crippen LogP contribution in [0.5, 0.6) is 0 Å². The van der Waals surface area contributed by atoms with Gasteiger partial charge in [-0.2, -0.15) is 0 Å². The molecule has 1 atom stereocenters. The summed E-state index contributed by atoms with van der Waals surface area (Å²) >= 11 is 1.51. The first-order valence-corrected chi connectivity index (χ1v) is 8.94. The van der Waals surface area contributed by atoms with Crippen molar-refractivity contribution in [1.82, 2.24) is 5.32 Å². The van der Waals surface area contributed by atoms with Gasteiger partial charge in [0.05, 0.1) is 12.5 Å². The lowest BCUT2D eigenvalue weighted by atomic mass is 10.1. The average Bonchev–Trinajstić information content (AvgIpc) is 3.13. The highest BCUT2D eigenvalue weighted by molar-refractivity contribution is 7.10. The van der Waals surface area contributed by atoms with Crippen LogP contribution in [0.2, 0.25) is 0 Å². The maximum absolute atomic E-state index is 12.3. The molecule has 2 aromatic carbocycles. The first-order valence-electron chi connectivity index (χ1n) is 8.06. The molecule has 0 aliphatic rings. The van der Waals surface area contributed by atoms with E-state index in [2.05, 4.69) is 5.32 Å². The van der Waals surface area contributed by atoms with Gasteiger partial charge < -0.3 is 10.1 Å². The van der Waals surface area contributed by atoms with Crippen molar-refractivity contribution in [2.75, 3.05) is 0 Å². The Bertz CT molecular complexity index is 868. The summed E-state index contributed by atoms with van der Waals surface area (Å²) in [5.41, 5.74) is 0.971. The molecule has 0 fully saturated rings. The Morgan fingerprint density at radius 1 is 1.08 bits per heavy atom. The smallest absolute Gasteiger partial charge is 0.308 e. The second kappa shape index (κ2) is 7.94. The highest BCUT2D eigenvalue weighted by Gasteiger charge is 2.19. The predicted molar refractivity (Wildman–Crippen MR) is 99.2 cm³/mol. The molecule has 1 N–H and O–H groups in total. The maximum atomic E-state index is 12.3. The van der Waals surface area contributed by atoms with Gasteiger partial charge in [0.15, 0.2) is 0 Å². The van der Waals surface area contributed by atoms with E-state index in [-0.39, 0.29) is 30.9 Å². The van der Waals surface area contributed by atoms with Crippen molar-refractivity contribution in [3.63, 3.8) is 0 Å². The maximum Gasteiger partial charge on any atom is 0.308 e. The lowest BCUT2D eigenvalue weighted by molar-refractivity contribution is -0.145. The zero-order valence-electron chi connectivity index (χ0n) is 13.9. The predicted octanol–water partition coefficient (Wildman–Crippen LogP) is 4.21. The number of carbonyl (C=O) groups excluding carboxylic acids is 2. The number of ether oxygens (including phenoxy) is 1. The highest BCUT2D eigenvalue weighted by Crippen LogP contribution is 2.23. The molecule has 1 amide bonds. The van der Waals surface area contributed by atoms with Crippen LogP contribution in [0.1, 0.15) is 29.8 Å². The SMILES string of the molecule is CC(=O)NC(CC(=O)OCc1cccc2ccccc12)c1cccs1. The van der Waals surface area contributed by atoms with E-state index >= 15 is 0 Å². The van der Waals surface area contributed by atoms with Gasteiger partial charge in [-0.05, 0) is 27.8 Å². The molecule has 3 rings (SSSR count). The summed E-state index contributed by atoms with van der Waals surface area (Å²) in [6, 6.07) is 17.4. The molecule has 0 spiro atoms. The number of fused-ring (bicyclic) bond motifs is 1. The summed E-state index contributed by atoms with van der Waals surface area (Å²) in [5, 5.41) is 6.93. The van der Waals surface area contributed by atoms with Crippen LogP contribution in [-0.4, -0.2) is 11.9 Å². The summed E-state index contributed by atoms with van der Waals surface area (Å²) in [7, 11) is 0. The Balaban J connectivity index is 1.66. The molecule has 3 aromatic rings. The molecular weight excluding hydrogens is 334 g/mol. The Morgan fingerprint density at radius 3 is 2.64 bits per heavy atom. The topological polar surface area (TPSA) is 55.4 Å². The van der Waals surface area contributed by atoms with Gasteiger partial charge in [0, 0.05) is 11.8 Å². The van der Waals surface area contributed by atoms with E-state index in [0.29, 0.717) is 0 Å². The molecule has 0 aliphatic heterocycles. The van der Waals surface area contributed by atoms with Crippen molar-refractivity contribution < 1.29 is 14.3 Å². The summed E-state index contributed by atoms with van der Waals surface area (Å²) < 4.78 is 5.46. The standard InChI is InChI=1S/C20H19NO3S/c1-14(22)21-18(19-10-5-11-25-19)12-20(23)24-13-16-8-4-7-15-6-2-3-9-17(15)16/h2-11,18H,12-13H2,1H3,(H,21,22). The van der Waals surface area contributed by atoms with Crippen LogP contribution in [0.25, 0.3) is 10.8 Å². The van der Waals surface area contributed by atoms with Crippen molar-refractivity contribution in [3.8, 4) is 0 Å². The normalized spacial score (nSPS) is 11.9. The number of esters is 1. The molecule has 1 aromatic heterocycles. The average molecular weight is 353 g/mol. The van der Waals surface area contributed by atoms with Crippen molar-refractivity contribution in [3.05, 3.63) is 70.4 Å². The molecule has 4 nitrogen and oxygen atoms in total. The lowest BCUT2D eigenvalue weighted by Gasteiger charge is -2.16. The Kier molecular flexibility index (Phi) is 5.46. The monoisotopic (exact) mass is 353 g/mol. The molecule has 1 heterocycles. The van der Waals surface area contributed by atoms with Crippen LogP contribution < -0.4 is 5.32 Å². The molecule has 25 heavy (non-hydrogen) atoms. The quantitative estimate of drug-likeness (QED) is 0.675. The number of hydrogen-bond donors (Lipinski definition) is 1. The molecule has 128 valence electrons. The van der Waals surface area contributed by atoms with E-state index < -0.39 is 0 Å². The van der Waals surface area contributed by atoms with E-state index in [1.807, 2.05) is 60.0 Å². The molecule has 0 aliphatic carbocycles. The van der Waals surface area contributed by atoms with Gasteiger partial charge >= 0.3 is 5.97 Å². The van der Waals surface area contributed by atoms with Gasteiger partial charge in [0.2, 0.25) is 5.91 Å². The van der Waals surface area contributed by atoms with Crippen molar-refractivity contribution in [2.45, 2.75) is 26.0 Å². The Labute approximate surface area is 150 Å². The number of amides is 1. The van der Waals surface area contributed by atoms with Gasteiger partial charge in [0.1, 0.15) is 6.61 Å². The summed E-state index contributed by atoms with van der Waals surface area (Å²) in [4.78, 5) is 24.6. The van der Waals surface area contributed by atoms with Crippen LogP contribution >= 0.6 is 11.3 Å². The fourth-order valence-corrected chi connectivity index (χ4v) is 3.54. The molecular formula is C20H19NO3S.